The van der Waals surface area contributed by atoms with E-state index in [0.717, 1.165) is 11.4 Å². The Hall–Kier alpha value is -3.14. The molecule has 0 saturated carbocycles. The average Bonchev–Trinajstić information content (AvgIpc) is 3.00. The molecule has 154 valence electrons. The van der Waals surface area contributed by atoms with Gasteiger partial charge in [-0.15, -0.1) is 0 Å². The highest BCUT2D eigenvalue weighted by Gasteiger charge is 2.22. The zero-order chi connectivity index (χ0) is 21.0. The summed E-state index contributed by atoms with van der Waals surface area (Å²) in [5.41, 5.74) is 1.71. The second kappa shape index (κ2) is 8.48. The fraction of sp³-hybridized carbons (Fsp3) is 0.316. The van der Waals surface area contributed by atoms with Gasteiger partial charge in [-0.1, -0.05) is 0 Å². The molecule has 0 aliphatic carbocycles. The molecule has 0 radical (unpaired) electrons. The fourth-order valence-corrected chi connectivity index (χ4v) is 3.93. The van der Waals surface area contributed by atoms with Crippen LogP contribution in [0.15, 0.2) is 41.6 Å². The molecular weight excluding hydrogens is 394 g/mol. The maximum atomic E-state index is 13.0. The van der Waals surface area contributed by atoms with Gasteiger partial charge in [-0.05, 0) is 45.9 Å². The van der Waals surface area contributed by atoms with Crippen LogP contribution in [0.4, 0.5) is 5.82 Å². The first kappa shape index (κ1) is 20.6. The molecule has 1 aromatic carbocycles. The zero-order valence-corrected chi connectivity index (χ0v) is 17.5. The zero-order valence-electron chi connectivity index (χ0n) is 16.7. The third-order valence-electron chi connectivity index (χ3n) is 3.93. The highest BCUT2D eigenvalue weighted by Crippen LogP contribution is 2.30. The van der Waals surface area contributed by atoms with Gasteiger partial charge in [0.05, 0.1) is 18.9 Å². The van der Waals surface area contributed by atoms with Crippen LogP contribution >= 0.6 is 0 Å². The summed E-state index contributed by atoms with van der Waals surface area (Å²) in [4.78, 5) is 8.20. The van der Waals surface area contributed by atoms with Crippen LogP contribution in [0.5, 0.6) is 11.5 Å². The normalized spacial score (nSPS) is 11.3. The number of hydrogen-bond donors (Lipinski definition) is 1. The summed E-state index contributed by atoms with van der Waals surface area (Å²) in [6, 6.07) is 8.01. The molecule has 2 heterocycles. The molecule has 0 atom stereocenters. The van der Waals surface area contributed by atoms with Crippen LogP contribution in [0.3, 0.4) is 0 Å². The van der Waals surface area contributed by atoms with Gasteiger partial charge in [0.15, 0.2) is 5.82 Å². The SMILES string of the molecule is CCOc1ccc(S(=O)(=O)Nc2cc(-n3nc(C)cc3C)ncn2)c(OCC)c1. The maximum Gasteiger partial charge on any atom is 0.266 e. The molecule has 3 rings (SSSR count). The Bertz CT molecular complexity index is 1110. The van der Waals surface area contributed by atoms with Crippen molar-refractivity contribution in [2.45, 2.75) is 32.6 Å². The van der Waals surface area contributed by atoms with Crippen LogP contribution in [0.2, 0.25) is 0 Å². The standard InChI is InChI=1S/C19H23N5O4S/c1-5-27-15-7-8-17(16(10-15)28-6-2)29(25,26)23-18-11-19(21-12-20-18)24-14(4)9-13(3)22-24/h7-12H,5-6H2,1-4H3,(H,20,21,23). The van der Waals surface area contributed by atoms with Crippen molar-refractivity contribution in [3.05, 3.63) is 48.0 Å². The number of nitrogens with one attached hydrogen (secondary N) is 1. The number of aryl methyl sites for hydroxylation is 2. The van der Waals surface area contributed by atoms with Crippen molar-refractivity contribution in [1.82, 2.24) is 19.7 Å². The summed E-state index contributed by atoms with van der Waals surface area (Å²) in [6.45, 7) is 8.17. The summed E-state index contributed by atoms with van der Waals surface area (Å²) in [5.74, 6) is 1.32. The molecule has 0 aliphatic heterocycles. The second-order valence-corrected chi connectivity index (χ2v) is 7.83. The van der Waals surface area contributed by atoms with Crippen LogP contribution in [0.25, 0.3) is 5.82 Å². The lowest BCUT2D eigenvalue weighted by molar-refractivity contribution is 0.317. The Morgan fingerprint density at radius 2 is 1.79 bits per heavy atom. The predicted molar refractivity (Wildman–Crippen MR) is 108 cm³/mol. The maximum absolute atomic E-state index is 13.0. The molecule has 9 nitrogen and oxygen atoms in total. The number of nitrogens with zero attached hydrogens (tertiary/aromatic N) is 4. The Morgan fingerprint density at radius 1 is 1.03 bits per heavy atom. The highest BCUT2D eigenvalue weighted by atomic mass is 32.2. The van der Waals surface area contributed by atoms with E-state index in [1.807, 2.05) is 26.8 Å². The van der Waals surface area contributed by atoms with E-state index in [2.05, 4.69) is 19.8 Å². The Balaban J connectivity index is 1.94. The van der Waals surface area contributed by atoms with Crippen LogP contribution in [0.1, 0.15) is 25.2 Å². The summed E-state index contributed by atoms with van der Waals surface area (Å²) < 4.78 is 41.0. The monoisotopic (exact) mass is 417 g/mol. The van der Waals surface area contributed by atoms with E-state index in [9.17, 15) is 8.42 Å². The van der Waals surface area contributed by atoms with E-state index in [1.54, 1.807) is 23.7 Å². The molecule has 29 heavy (non-hydrogen) atoms. The third kappa shape index (κ3) is 4.65. The molecule has 10 heteroatoms. The van der Waals surface area contributed by atoms with Crippen LogP contribution < -0.4 is 14.2 Å². The molecule has 0 saturated heterocycles. The van der Waals surface area contributed by atoms with Crippen molar-refractivity contribution >= 4 is 15.8 Å². The summed E-state index contributed by atoms with van der Waals surface area (Å²) >= 11 is 0. The lowest BCUT2D eigenvalue weighted by atomic mass is 10.3. The van der Waals surface area contributed by atoms with E-state index >= 15 is 0 Å². The number of benzene rings is 1. The predicted octanol–water partition coefficient (Wildman–Crippen LogP) is 2.88. The van der Waals surface area contributed by atoms with Crippen molar-refractivity contribution < 1.29 is 17.9 Å². The molecule has 0 aliphatic rings. The van der Waals surface area contributed by atoms with Gasteiger partial charge < -0.3 is 9.47 Å². The lowest BCUT2D eigenvalue weighted by Crippen LogP contribution is -2.16. The minimum Gasteiger partial charge on any atom is -0.494 e. The molecule has 3 aromatic rings. The summed E-state index contributed by atoms with van der Waals surface area (Å²) in [7, 11) is -3.95. The summed E-state index contributed by atoms with van der Waals surface area (Å²) in [5, 5.41) is 4.36. The topological polar surface area (TPSA) is 108 Å². The fourth-order valence-electron chi connectivity index (χ4n) is 2.81. The third-order valence-corrected chi connectivity index (χ3v) is 5.33. The number of rotatable bonds is 8. The van der Waals surface area contributed by atoms with Gasteiger partial charge >= 0.3 is 0 Å². The van der Waals surface area contributed by atoms with Crippen molar-refractivity contribution in [3.8, 4) is 17.3 Å². The number of sulfonamides is 1. The van der Waals surface area contributed by atoms with E-state index in [1.165, 1.54) is 18.5 Å². The first-order valence-corrected chi connectivity index (χ1v) is 10.6. The molecule has 0 amide bonds. The minimum atomic E-state index is -3.95. The second-order valence-electron chi connectivity index (χ2n) is 6.18. The van der Waals surface area contributed by atoms with Crippen molar-refractivity contribution in [2.24, 2.45) is 0 Å². The smallest absolute Gasteiger partial charge is 0.266 e. The quantitative estimate of drug-likeness (QED) is 0.600. The first-order chi connectivity index (χ1) is 13.8. The lowest BCUT2D eigenvalue weighted by Gasteiger charge is -2.14. The van der Waals surface area contributed by atoms with Gasteiger partial charge in [0, 0.05) is 17.8 Å². The van der Waals surface area contributed by atoms with Crippen molar-refractivity contribution in [3.63, 3.8) is 0 Å². The minimum absolute atomic E-state index is 0.00548. The van der Waals surface area contributed by atoms with Gasteiger partial charge in [0.1, 0.15) is 28.5 Å². The van der Waals surface area contributed by atoms with E-state index in [4.69, 9.17) is 9.47 Å². The largest absolute Gasteiger partial charge is 0.494 e. The number of anilines is 1. The van der Waals surface area contributed by atoms with Crippen molar-refractivity contribution in [2.75, 3.05) is 17.9 Å². The van der Waals surface area contributed by atoms with Crippen molar-refractivity contribution in [1.29, 1.82) is 0 Å². The van der Waals surface area contributed by atoms with Gasteiger partial charge in [-0.25, -0.2) is 23.1 Å². The van der Waals surface area contributed by atoms with Gasteiger partial charge in [0.25, 0.3) is 10.0 Å². The Morgan fingerprint density at radius 3 is 2.45 bits per heavy atom. The first-order valence-electron chi connectivity index (χ1n) is 9.12. The molecule has 0 spiro atoms. The van der Waals surface area contributed by atoms with Gasteiger partial charge in [0.2, 0.25) is 0 Å². The van der Waals surface area contributed by atoms with E-state index in [0.29, 0.717) is 24.8 Å². The summed E-state index contributed by atoms with van der Waals surface area (Å²) in [6.07, 6.45) is 1.28. The molecule has 2 aromatic heterocycles. The van der Waals surface area contributed by atoms with Crippen LogP contribution in [0, 0.1) is 13.8 Å². The van der Waals surface area contributed by atoms with E-state index < -0.39 is 10.0 Å². The van der Waals surface area contributed by atoms with E-state index in [-0.39, 0.29) is 16.5 Å². The number of hydrogen-bond acceptors (Lipinski definition) is 7. The molecule has 1 N–H and O–H groups in total. The van der Waals surface area contributed by atoms with Crippen LogP contribution in [-0.2, 0) is 10.0 Å². The Kier molecular flexibility index (Phi) is 6.02. The molecular formula is C19H23N5O4S. The Labute approximate surface area is 169 Å². The van der Waals surface area contributed by atoms with Crippen LogP contribution in [-0.4, -0.2) is 41.4 Å². The van der Waals surface area contributed by atoms with Gasteiger partial charge in [-0.3, -0.25) is 4.72 Å². The molecule has 0 fully saturated rings. The average molecular weight is 417 g/mol. The molecule has 0 unspecified atom stereocenters. The highest BCUT2D eigenvalue weighted by molar-refractivity contribution is 7.92. The van der Waals surface area contributed by atoms with Gasteiger partial charge in [-0.2, -0.15) is 5.10 Å². The molecule has 0 bridgehead atoms. The number of ether oxygens (including phenoxy) is 2. The number of aromatic nitrogens is 4.